The molecule has 1 unspecified atom stereocenters. The fourth-order valence-corrected chi connectivity index (χ4v) is 12.6. The van der Waals surface area contributed by atoms with Crippen LogP contribution in [0.5, 0.6) is 0 Å². The van der Waals surface area contributed by atoms with Crippen molar-refractivity contribution in [2.24, 2.45) is 5.92 Å². The van der Waals surface area contributed by atoms with Crippen molar-refractivity contribution in [2.45, 2.75) is 57.5 Å². The molecule has 7 aromatic rings. The molecule has 4 heteroatoms. The third kappa shape index (κ3) is 6.57. The van der Waals surface area contributed by atoms with Crippen LogP contribution in [0.3, 0.4) is 0 Å². The highest BCUT2D eigenvalue weighted by atomic mass is 28.3. The van der Waals surface area contributed by atoms with Gasteiger partial charge >= 0.3 is 0 Å². The molecule has 5 aliphatic rings. The number of rotatable bonds is 8. The molecule has 3 atom stereocenters. The molecule has 0 aromatic heterocycles. The largest absolute Gasteiger partial charge is 0.364 e. The molecule has 0 radical (unpaired) electrons. The lowest BCUT2D eigenvalue weighted by Gasteiger charge is -2.35. The monoisotopic (exact) mass is 870 g/mol. The van der Waals surface area contributed by atoms with E-state index >= 15 is 0 Å². The first-order valence-electron chi connectivity index (χ1n) is 23.6. The van der Waals surface area contributed by atoms with Crippen LogP contribution < -0.4 is 25.4 Å². The average Bonchev–Trinajstić information content (AvgIpc) is 3.84. The Hall–Kier alpha value is -6.98. The van der Waals surface area contributed by atoms with Crippen LogP contribution in [0.4, 0.5) is 22.7 Å². The second-order valence-electron chi connectivity index (χ2n) is 20.0. The van der Waals surface area contributed by atoms with Crippen molar-refractivity contribution < 1.29 is 4.74 Å². The molecular formula is C62H54N2OSi. The first-order chi connectivity index (χ1) is 32.1. The van der Waals surface area contributed by atoms with Crippen molar-refractivity contribution in [1.29, 1.82) is 0 Å². The lowest BCUT2D eigenvalue weighted by molar-refractivity contribution is 0.0557. The van der Waals surface area contributed by atoms with Gasteiger partial charge in [0.15, 0.2) is 0 Å². The summed E-state index contributed by atoms with van der Waals surface area (Å²) in [7, 11) is -1.45. The standard InChI is InChI=1S/C62H54N2OSi/c1-62(2)56-26-16-14-24-50(56)51-35-30-45(39-57(51)62)64(58-27-17-15-22-48(58)41-18-8-6-9-19-41)44-31-36-53-55(38-44)49-23-12-13-25-52(49)60-54-37-32-46(40-59(54)65-61(53)60)63(42-20-10-7-11-21-42)43-28-33-47(34-29-43)66(3,4)5/h6-39,53,59,61H,40H2,1-5H3/t53?,59-,61+/m0/s1. The summed E-state index contributed by atoms with van der Waals surface area (Å²) in [6.45, 7) is 12.0. The number of nitrogens with zero attached hydrogens (tertiary/aromatic N) is 2. The molecule has 1 fully saturated rings. The highest BCUT2D eigenvalue weighted by molar-refractivity contribution is 6.88. The first-order valence-corrected chi connectivity index (χ1v) is 27.1. The molecule has 3 nitrogen and oxygen atoms in total. The smallest absolute Gasteiger partial charge is 0.0946 e. The molecule has 0 saturated carbocycles. The summed E-state index contributed by atoms with van der Waals surface area (Å²) in [5.74, 6) is 0.0626. The Morgan fingerprint density at radius 2 is 1.21 bits per heavy atom. The van der Waals surface area contributed by atoms with Crippen LogP contribution >= 0.6 is 0 Å². The predicted molar refractivity (Wildman–Crippen MR) is 279 cm³/mol. The van der Waals surface area contributed by atoms with Crippen molar-refractivity contribution in [2.75, 3.05) is 9.80 Å². The number of hydrogen-bond acceptors (Lipinski definition) is 3. The minimum absolute atomic E-state index is 0.0585. The van der Waals surface area contributed by atoms with E-state index in [1.807, 2.05) is 0 Å². The van der Waals surface area contributed by atoms with Gasteiger partial charge < -0.3 is 14.5 Å². The van der Waals surface area contributed by atoms with Gasteiger partial charge in [0.2, 0.25) is 0 Å². The van der Waals surface area contributed by atoms with Crippen molar-refractivity contribution in [3.05, 3.63) is 245 Å². The van der Waals surface area contributed by atoms with Crippen molar-refractivity contribution in [1.82, 2.24) is 0 Å². The molecule has 7 aromatic carbocycles. The Bertz CT molecular complexity index is 3330. The molecule has 1 saturated heterocycles. The molecule has 1 heterocycles. The molecule has 0 bridgehead atoms. The van der Waals surface area contributed by atoms with E-state index in [2.05, 4.69) is 250 Å². The van der Waals surface area contributed by atoms with E-state index in [1.54, 1.807) is 0 Å². The van der Waals surface area contributed by atoms with E-state index in [0.29, 0.717) is 0 Å². The van der Waals surface area contributed by atoms with Crippen molar-refractivity contribution in [3.63, 3.8) is 0 Å². The number of hydrogen-bond donors (Lipinski definition) is 0. The fourth-order valence-electron chi connectivity index (χ4n) is 11.4. The summed E-state index contributed by atoms with van der Waals surface area (Å²) in [4.78, 5) is 4.92. The van der Waals surface area contributed by atoms with Gasteiger partial charge in [-0.25, -0.2) is 0 Å². The molecule has 0 spiro atoms. The second-order valence-corrected chi connectivity index (χ2v) is 25.1. The quantitative estimate of drug-likeness (QED) is 0.142. The van der Waals surface area contributed by atoms with Crippen LogP contribution in [0, 0.1) is 5.92 Å². The number of ether oxygens (including phenoxy) is 1. The summed E-state index contributed by atoms with van der Waals surface area (Å²) >= 11 is 0. The van der Waals surface area contributed by atoms with Gasteiger partial charge in [-0.3, -0.25) is 0 Å². The van der Waals surface area contributed by atoms with Gasteiger partial charge in [-0.15, -0.1) is 0 Å². The second kappa shape index (κ2) is 15.6. The van der Waals surface area contributed by atoms with Crippen LogP contribution in [0.1, 0.15) is 31.4 Å². The minimum atomic E-state index is -1.45. The van der Waals surface area contributed by atoms with Crippen molar-refractivity contribution in [3.8, 4) is 22.3 Å². The van der Waals surface area contributed by atoms with Gasteiger partial charge in [0.1, 0.15) is 0 Å². The summed E-state index contributed by atoms with van der Waals surface area (Å²) in [5, 5.41) is 4.03. The Labute approximate surface area is 390 Å². The highest BCUT2D eigenvalue weighted by Gasteiger charge is 2.45. The summed E-state index contributed by atoms with van der Waals surface area (Å²) < 4.78 is 7.38. The Morgan fingerprint density at radius 3 is 1.98 bits per heavy atom. The number of allylic oxidation sites excluding steroid dienone is 4. The Morgan fingerprint density at radius 1 is 0.576 bits per heavy atom. The topological polar surface area (TPSA) is 15.7 Å². The lowest BCUT2D eigenvalue weighted by Crippen LogP contribution is -2.41. The molecular weight excluding hydrogens is 817 g/mol. The maximum Gasteiger partial charge on any atom is 0.0946 e. The Balaban J connectivity index is 0.992. The average molecular weight is 871 g/mol. The number of para-hydroxylation sites is 2. The van der Waals surface area contributed by atoms with E-state index in [4.69, 9.17) is 4.74 Å². The number of anilines is 4. The molecule has 12 rings (SSSR count). The van der Waals surface area contributed by atoms with Gasteiger partial charge in [-0.2, -0.15) is 0 Å². The lowest BCUT2D eigenvalue weighted by atomic mass is 9.77. The van der Waals surface area contributed by atoms with E-state index in [1.165, 1.54) is 77.1 Å². The van der Waals surface area contributed by atoms with E-state index < -0.39 is 8.07 Å². The zero-order chi connectivity index (χ0) is 44.7. The molecule has 0 N–H and O–H groups in total. The van der Waals surface area contributed by atoms with Crippen LogP contribution in [-0.4, -0.2) is 20.3 Å². The van der Waals surface area contributed by atoms with Gasteiger partial charge in [0.05, 0.1) is 26.0 Å². The zero-order valence-electron chi connectivity index (χ0n) is 38.4. The van der Waals surface area contributed by atoms with Crippen LogP contribution in [0.2, 0.25) is 19.6 Å². The third-order valence-corrected chi connectivity index (χ3v) is 16.8. The van der Waals surface area contributed by atoms with Crippen LogP contribution in [0.25, 0.3) is 33.4 Å². The summed E-state index contributed by atoms with van der Waals surface area (Å²) in [6, 6.07) is 64.9. The predicted octanol–water partition coefficient (Wildman–Crippen LogP) is 13.2. The fraction of sp³-hybridized carbons (Fsp3) is 0.161. The number of fused-ring (bicyclic) bond motifs is 9. The molecule has 66 heavy (non-hydrogen) atoms. The van der Waals surface area contributed by atoms with E-state index in [9.17, 15) is 0 Å². The van der Waals surface area contributed by atoms with Crippen molar-refractivity contribution >= 4 is 47.2 Å². The molecule has 4 aliphatic carbocycles. The minimum Gasteiger partial charge on any atom is -0.364 e. The zero-order valence-corrected chi connectivity index (χ0v) is 39.4. The van der Waals surface area contributed by atoms with Gasteiger partial charge in [0, 0.05) is 51.8 Å². The van der Waals surface area contributed by atoms with Gasteiger partial charge in [-0.1, -0.05) is 184 Å². The normalized spacial score (nSPS) is 19.6. The molecule has 1 aliphatic heterocycles. The SMILES string of the molecule is CC1(C)c2ccccc2-c2ccc(N(C3=CC4=c5ccccc5=C5C6=CC=C(N(c7ccccc7)c7ccc([Si](C)(C)C)cc7)C[C@@H]6O[C@@H]5C4C=C3)c3ccccc3-c3ccccc3)cc21. The number of benzene rings is 7. The maximum absolute atomic E-state index is 7.38. The van der Waals surface area contributed by atoms with Gasteiger partial charge in [-0.05, 0) is 116 Å². The van der Waals surface area contributed by atoms with E-state index in [-0.39, 0.29) is 23.5 Å². The summed E-state index contributed by atoms with van der Waals surface area (Å²) in [5.41, 5.74) is 18.6. The third-order valence-electron chi connectivity index (χ3n) is 14.7. The highest BCUT2D eigenvalue weighted by Crippen LogP contribution is 2.52. The first kappa shape index (κ1) is 40.5. The molecule has 322 valence electrons. The molecule has 0 amide bonds. The summed E-state index contributed by atoms with van der Waals surface area (Å²) in [6.07, 6.45) is 12.6. The van der Waals surface area contributed by atoms with E-state index in [0.717, 1.165) is 29.2 Å². The van der Waals surface area contributed by atoms with Crippen LogP contribution in [0.15, 0.2) is 223 Å². The maximum atomic E-state index is 7.38. The van der Waals surface area contributed by atoms with Gasteiger partial charge in [0.25, 0.3) is 0 Å². The Kier molecular flexibility index (Phi) is 9.57. The van der Waals surface area contributed by atoms with Crippen LogP contribution in [-0.2, 0) is 10.2 Å².